The van der Waals surface area contributed by atoms with Gasteiger partial charge in [0.25, 0.3) is 0 Å². The van der Waals surface area contributed by atoms with Crippen LogP contribution in [0.15, 0.2) is 53.2 Å². The summed E-state index contributed by atoms with van der Waals surface area (Å²) in [6, 6.07) is 12.0. The number of halogens is 5. The first-order chi connectivity index (χ1) is 20.1. The van der Waals surface area contributed by atoms with Crippen molar-refractivity contribution in [3.05, 3.63) is 99.5 Å². The first-order valence-corrected chi connectivity index (χ1v) is 17.4. The zero-order chi connectivity index (χ0) is 32.3. The van der Waals surface area contributed by atoms with Crippen LogP contribution in [0.4, 0.5) is 33.3 Å². The van der Waals surface area contributed by atoms with Gasteiger partial charge in [0.15, 0.2) is 0 Å². The third-order valence-corrected chi connectivity index (χ3v) is 11.6. The third kappa shape index (κ3) is 7.52. The molecule has 2 nitrogen and oxygen atoms in total. The van der Waals surface area contributed by atoms with E-state index in [-0.39, 0.29) is 23.7 Å². The van der Waals surface area contributed by atoms with Crippen LogP contribution in [-0.2, 0) is 0 Å². The Hall–Kier alpha value is -2.68. The summed E-state index contributed by atoms with van der Waals surface area (Å²) in [6.07, 6.45) is 1.84. The van der Waals surface area contributed by atoms with E-state index in [1.54, 1.807) is 0 Å². The summed E-state index contributed by atoms with van der Waals surface area (Å²) in [6.45, 7) is 20.2. The monoisotopic (exact) mass is 704 g/mol. The van der Waals surface area contributed by atoms with E-state index in [9.17, 15) is 13.2 Å². The zero-order valence-corrected chi connectivity index (χ0v) is 29.5. The Bertz CT molecular complexity index is 1460. The predicted molar refractivity (Wildman–Crippen MR) is 170 cm³/mol. The summed E-state index contributed by atoms with van der Waals surface area (Å²) < 4.78 is 74.0. The minimum absolute atomic E-state index is 0.0426. The average Bonchev–Trinajstić information content (AvgIpc) is 2.94. The van der Waals surface area contributed by atoms with Crippen molar-refractivity contribution in [3.63, 3.8) is 0 Å². The maximum atomic E-state index is 15.1. The molecule has 0 aromatic heterocycles. The van der Waals surface area contributed by atoms with Crippen molar-refractivity contribution in [3.8, 4) is 0 Å². The van der Waals surface area contributed by atoms with Gasteiger partial charge in [-0.3, -0.25) is 0 Å². The Balaban J connectivity index is 2.32. The molecule has 0 aliphatic carbocycles. The summed E-state index contributed by atoms with van der Waals surface area (Å²) in [5.74, 6) is -8.93. The van der Waals surface area contributed by atoms with Crippen molar-refractivity contribution < 1.29 is 22.0 Å². The van der Waals surface area contributed by atoms with Crippen LogP contribution in [0.25, 0.3) is 0 Å². The van der Waals surface area contributed by atoms with Gasteiger partial charge in [0.2, 0.25) is 0 Å². The van der Waals surface area contributed by atoms with Crippen LogP contribution in [0.3, 0.4) is 0 Å². The number of nitrogens with zero attached hydrogens (tertiary/aromatic N) is 2. The van der Waals surface area contributed by atoms with Gasteiger partial charge in [0.05, 0.1) is 0 Å². The standard InChI is InChI=1S/C29H41N2.C6F5.Sn/c1-18(2)24-13-11-14-25(19(3)4)28(24)30-22(9)17-23(10)31-29-26(20(5)6)15-12-16-27(29)21(7)8;7-2-1-3(8)5(10)6(11)4(2)9;/h11-21H,1-10H3;;/q-1;;+1/b22-17+,31-23?;;. The zero-order valence-electron chi connectivity index (χ0n) is 26.6. The molecular weight excluding hydrogens is 662 g/mol. The molecule has 0 saturated heterocycles. The first kappa shape index (κ1) is 34.8. The predicted octanol–water partition coefficient (Wildman–Crippen LogP) is 10.3. The molecule has 0 bridgehead atoms. The van der Waals surface area contributed by atoms with Crippen LogP contribution in [0.1, 0.15) is 115 Å². The van der Waals surface area contributed by atoms with Crippen LogP contribution in [0.5, 0.6) is 0 Å². The van der Waals surface area contributed by atoms with E-state index in [0.717, 1.165) is 33.6 Å². The summed E-state index contributed by atoms with van der Waals surface area (Å²) in [7, 11) is 0. The van der Waals surface area contributed by atoms with Gasteiger partial charge in [-0.2, -0.15) is 0 Å². The second kappa shape index (κ2) is 14.4. The molecule has 0 aliphatic rings. The van der Waals surface area contributed by atoms with Gasteiger partial charge in [0, 0.05) is 0 Å². The van der Waals surface area contributed by atoms with Crippen molar-refractivity contribution in [2.24, 2.45) is 4.99 Å². The second-order valence-corrected chi connectivity index (χ2v) is 15.5. The number of rotatable bonds is 10. The van der Waals surface area contributed by atoms with Gasteiger partial charge < -0.3 is 0 Å². The van der Waals surface area contributed by atoms with Gasteiger partial charge in [-0.25, -0.2) is 0 Å². The fourth-order valence-electron chi connectivity index (χ4n) is 5.12. The summed E-state index contributed by atoms with van der Waals surface area (Å²) in [5.41, 5.74) is 7.04. The number of para-hydroxylation sites is 2. The Morgan fingerprint density at radius 1 is 0.628 bits per heavy atom. The molecule has 0 atom stereocenters. The quantitative estimate of drug-likeness (QED) is 0.0675. The summed E-state index contributed by atoms with van der Waals surface area (Å²) in [4.78, 5) is 5.03. The molecule has 0 heterocycles. The van der Waals surface area contributed by atoms with Crippen molar-refractivity contribution in [2.75, 3.05) is 3.12 Å². The molecule has 0 saturated carbocycles. The van der Waals surface area contributed by atoms with Crippen LogP contribution in [0.2, 0.25) is 0 Å². The van der Waals surface area contributed by atoms with Gasteiger partial charge in [-0.15, -0.1) is 0 Å². The van der Waals surface area contributed by atoms with E-state index in [4.69, 9.17) is 4.99 Å². The van der Waals surface area contributed by atoms with E-state index >= 15 is 8.78 Å². The molecule has 0 aliphatic heterocycles. The van der Waals surface area contributed by atoms with Gasteiger partial charge in [-0.05, 0) is 0 Å². The Labute approximate surface area is 263 Å². The summed E-state index contributed by atoms with van der Waals surface area (Å²) >= 11 is -2.70. The van der Waals surface area contributed by atoms with Gasteiger partial charge >= 0.3 is 265 Å². The molecule has 43 heavy (non-hydrogen) atoms. The average molecular weight is 703 g/mol. The van der Waals surface area contributed by atoms with Gasteiger partial charge in [-0.1, -0.05) is 0 Å². The Morgan fingerprint density at radius 2 is 1.00 bits per heavy atom. The SMILES string of the molecule is CC(/C=C(\C)[N]([Sn][c]1c(F)c(F)c(F)c(F)c1F)c1c(C(C)C)cccc1C(C)C)=Nc1c(C(C)C)cccc1C(C)C. The number of hydrogen-bond acceptors (Lipinski definition) is 2. The molecule has 3 aromatic rings. The second-order valence-electron chi connectivity index (χ2n) is 12.1. The van der Waals surface area contributed by atoms with Crippen LogP contribution in [0, 0.1) is 29.1 Å². The molecule has 0 spiro atoms. The number of hydrogen-bond donors (Lipinski definition) is 0. The Kier molecular flexibility index (Phi) is 11.7. The number of benzene rings is 3. The van der Waals surface area contributed by atoms with Crippen LogP contribution < -0.4 is 6.70 Å². The summed E-state index contributed by atoms with van der Waals surface area (Å²) in [5, 5.41) is 0. The fraction of sp³-hybridized carbons (Fsp3) is 0.400. The molecule has 230 valence electrons. The molecule has 0 amide bonds. The van der Waals surface area contributed by atoms with E-state index in [0.29, 0.717) is 11.4 Å². The van der Waals surface area contributed by atoms with Crippen molar-refractivity contribution in [1.29, 1.82) is 0 Å². The van der Waals surface area contributed by atoms with E-state index in [1.807, 2.05) is 75.0 Å². The van der Waals surface area contributed by atoms with E-state index in [2.05, 4.69) is 39.8 Å². The molecule has 8 heteroatoms. The molecule has 0 N–H and O–H groups in total. The number of aliphatic imine (C=N–C) groups is 1. The number of allylic oxidation sites excluding steroid dienone is 2. The molecule has 3 aromatic carbocycles. The molecule has 3 rings (SSSR count). The van der Waals surface area contributed by atoms with Crippen LogP contribution in [-0.4, -0.2) is 27.1 Å². The van der Waals surface area contributed by atoms with E-state index in [1.165, 1.54) is 0 Å². The topological polar surface area (TPSA) is 15.6 Å². The normalized spacial score (nSPS) is 12.8. The van der Waals surface area contributed by atoms with Crippen molar-refractivity contribution >= 4 is 42.1 Å². The van der Waals surface area contributed by atoms with Crippen LogP contribution >= 0.6 is 0 Å². The molecule has 0 unspecified atom stereocenters. The fourth-order valence-corrected chi connectivity index (χ4v) is 8.69. The van der Waals surface area contributed by atoms with Gasteiger partial charge in [0.1, 0.15) is 0 Å². The van der Waals surface area contributed by atoms with E-state index < -0.39 is 54.1 Å². The number of anilines is 1. The molecule has 0 fully saturated rings. The maximum absolute atomic E-state index is 15.1. The Morgan fingerprint density at radius 3 is 1.40 bits per heavy atom. The van der Waals surface area contributed by atoms with Crippen molar-refractivity contribution in [2.45, 2.75) is 92.9 Å². The minimum atomic E-state index is -2.70. The van der Waals surface area contributed by atoms with Crippen molar-refractivity contribution in [1.82, 2.24) is 0 Å². The molecular formula is C35H41F5N2Sn. The molecule has 2 radical (unpaired) electrons. The first-order valence-electron chi connectivity index (χ1n) is 14.7. The third-order valence-electron chi connectivity index (χ3n) is 7.40.